The summed E-state index contributed by atoms with van der Waals surface area (Å²) >= 11 is 0. The van der Waals surface area contributed by atoms with Crippen molar-refractivity contribution in [3.8, 4) is 0 Å². The fourth-order valence-corrected chi connectivity index (χ4v) is 1.08. The standard InChI is InChI=1S/C8H7N3O/c1-6-4-8(12)11-3-2-9-5-7(11)10-6/h2-5H,1H3. The summed E-state index contributed by atoms with van der Waals surface area (Å²) in [6.07, 6.45) is 4.73. The third kappa shape index (κ3) is 0.972. The molecule has 0 fully saturated rings. The Hall–Kier alpha value is -1.71. The van der Waals surface area contributed by atoms with Crippen molar-refractivity contribution in [1.82, 2.24) is 14.4 Å². The lowest BCUT2D eigenvalue weighted by molar-refractivity contribution is 0.994. The van der Waals surface area contributed by atoms with Crippen LogP contribution in [0.3, 0.4) is 0 Å². The van der Waals surface area contributed by atoms with Gasteiger partial charge in [-0.3, -0.25) is 14.2 Å². The van der Waals surface area contributed by atoms with Gasteiger partial charge in [0.15, 0.2) is 5.65 Å². The van der Waals surface area contributed by atoms with Crippen molar-refractivity contribution in [3.05, 3.63) is 40.7 Å². The van der Waals surface area contributed by atoms with Crippen LogP contribution < -0.4 is 5.56 Å². The molecule has 0 amide bonds. The summed E-state index contributed by atoms with van der Waals surface area (Å²) in [7, 11) is 0. The van der Waals surface area contributed by atoms with Gasteiger partial charge in [0.1, 0.15) is 0 Å². The van der Waals surface area contributed by atoms with Crippen LogP contribution in [-0.4, -0.2) is 14.4 Å². The molecule has 0 spiro atoms. The van der Waals surface area contributed by atoms with Crippen LogP contribution in [-0.2, 0) is 0 Å². The minimum absolute atomic E-state index is 0.0695. The summed E-state index contributed by atoms with van der Waals surface area (Å²) in [4.78, 5) is 19.3. The fourth-order valence-electron chi connectivity index (χ4n) is 1.08. The molecule has 0 aliphatic carbocycles. The minimum Gasteiger partial charge on any atom is -0.269 e. The third-order valence-electron chi connectivity index (χ3n) is 1.60. The van der Waals surface area contributed by atoms with Crippen LogP contribution in [0, 0.1) is 6.92 Å². The fraction of sp³-hybridized carbons (Fsp3) is 0.125. The number of aromatic nitrogens is 3. The maximum atomic E-state index is 11.3. The second-order valence-electron chi connectivity index (χ2n) is 2.54. The molecule has 2 rings (SSSR count). The third-order valence-corrected chi connectivity index (χ3v) is 1.60. The highest BCUT2D eigenvalue weighted by atomic mass is 16.1. The maximum Gasteiger partial charge on any atom is 0.258 e. The van der Waals surface area contributed by atoms with Gasteiger partial charge < -0.3 is 0 Å². The van der Waals surface area contributed by atoms with Crippen molar-refractivity contribution in [1.29, 1.82) is 0 Å². The van der Waals surface area contributed by atoms with Gasteiger partial charge in [0.25, 0.3) is 5.56 Å². The molecule has 2 heterocycles. The van der Waals surface area contributed by atoms with Crippen LogP contribution in [0.25, 0.3) is 5.65 Å². The van der Waals surface area contributed by atoms with Crippen LogP contribution in [0.2, 0.25) is 0 Å². The lowest BCUT2D eigenvalue weighted by Gasteiger charge is -1.97. The Kier molecular flexibility index (Phi) is 1.40. The smallest absolute Gasteiger partial charge is 0.258 e. The van der Waals surface area contributed by atoms with Gasteiger partial charge in [0.2, 0.25) is 0 Å². The van der Waals surface area contributed by atoms with E-state index in [4.69, 9.17) is 0 Å². The van der Waals surface area contributed by atoms with E-state index < -0.39 is 0 Å². The number of rotatable bonds is 0. The maximum absolute atomic E-state index is 11.3. The van der Waals surface area contributed by atoms with E-state index in [0.717, 1.165) is 0 Å². The first kappa shape index (κ1) is 6.97. The number of fused-ring (bicyclic) bond motifs is 1. The molecule has 0 N–H and O–H groups in total. The highest BCUT2D eigenvalue weighted by Gasteiger charge is 1.96. The molecule has 0 saturated carbocycles. The number of hydrogen-bond acceptors (Lipinski definition) is 3. The molecular formula is C8H7N3O. The zero-order chi connectivity index (χ0) is 8.55. The summed E-state index contributed by atoms with van der Waals surface area (Å²) < 4.78 is 1.46. The summed E-state index contributed by atoms with van der Waals surface area (Å²) in [5, 5.41) is 0. The molecule has 0 radical (unpaired) electrons. The number of aryl methyl sites for hydroxylation is 1. The van der Waals surface area contributed by atoms with E-state index >= 15 is 0 Å². The Labute approximate surface area is 68.5 Å². The molecule has 12 heavy (non-hydrogen) atoms. The Bertz CT molecular complexity index is 475. The normalized spacial score (nSPS) is 10.4. The molecule has 60 valence electrons. The predicted molar refractivity (Wildman–Crippen MR) is 44.0 cm³/mol. The van der Waals surface area contributed by atoms with E-state index in [2.05, 4.69) is 9.97 Å². The van der Waals surface area contributed by atoms with E-state index in [9.17, 15) is 4.79 Å². The molecule has 0 unspecified atom stereocenters. The van der Waals surface area contributed by atoms with Crippen molar-refractivity contribution in [2.24, 2.45) is 0 Å². The topological polar surface area (TPSA) is 47.3 Å². The molecule has 0 atom stereocenters. The van der Waals surface area contributed by atoms with Crippen molar-refractivity contribution < 1.29 is 0 Å². The van der Waals surface area contributed by atoms with Gasteiger partial charge in [0.05, 0.1) is 6.20 Å². The van der Waals surface area contributed by atoms with Crippen molar-refractivity contribution >= 4 is 5.65 Å². The van der Waals surface area contributed by atoms with Crippen LogP contribution in [0.15, 0.2) is 29.5 Å². The number of hydrogen-bond donors (Lipinski definition) is 0. The number of nitrogens with zero attached hydrogens (tertiary/aromatic N) is 3. The van der Waals surface area contributed by atoms with E-state index in [-0.39, 0.29) is 5.56 Å². The Morgan fingerprint density at radius 2 is 2.33 bits per heavy atom. The summed E-state index contributed by atoms with van der Waals surface area (Å²) in [5.74, 6) is 0. The lowest BCUT2D eigenvalue weighted by atomic mass is 10.4. The van der Waals surface area contributed by atoms with Gasteiger partial charge in [-0.2, -0.15) is 0 Å². The molecule has 0 aliphatic heterocycles. The van der Waals surface area contributed by atoms with E-state index in [1.807, 2.05) is 0 Å². The average molecular weight is 161 g/mol. The Morgan fingerprint density at radius 1 is 1.50 bits per heavy atom. The molecule has 4 nitrogen and oxygen atoms in total. The van der Waals surface area contributed by atoms with E-state index in [1.54, 1.807) is 25.5 Å². The lowest BCUT2D eigenvalue weighted by Crippen LogP contribution is -2.14. The summed E-state index contributed by atoms with van der Waals surface area (Å²) in [6.45, 7) is 1.79. The Balaban J connectivity index is 2.99. The monoisotopic (exact) mass is 161 g/mol. The first-order chi connectivity index (χ1) is 5.77. The van der Waals surface area contributed by atoms with E-state index in [0.29, 0.717) is 11.3 Å². The van der Waals surface area contributed by atoms with Gasteiger partial charge in [0, 0.05) is 24.2 Å². The van der Waals surface area contributed by atoms with Crippen molar-refractivity contribution in [3.63, 3.8) is 0 Å². The molecular weight excluding hydrogens is 154 g/mol. The first-order valence-electron chi connectivity index (χ1n) is 3.57. The second-order valence-corrected chi connectivity index (χ2v) is 2.54. The molecule has 0 aromatic carbocycles. The molecule has 0 bridgehead atoms. The largest absolute Gasteiger partial charge is 0.269 e. The van der Waals surface area contributed by atoms with Gasteiger partial charge in [-0.25, -0.2) is 4.98 Å². The van der Waals surface area contributed by atoms with Crippen LogP contribution in [0.5, 0.6) is 0 Å². The highest BCUT2D eigenvalue weighted by Crippen LogP contribution is 1.93. The van der Waals surface area contributed by atoms with Crippen LogP contribution in [0.1, 0.15) is 5.69 Å². The molecule has 0 saturated heterocycles. The highest BCUT2D eigenvalue weighted by molar-refractivity contribution is 5.34. The van der Waals surface area contributed by atoms with Gasteiger partial charge in [-0.15, -0.1) is 0 Å². The van der Waals surface area contributed by atoms with Gasteiger partial charge in [-0.1, -0.05) is 0 Å². The average Bonchev–Trinajstić information content (AvgIpc) is 2.04. The quantitative estimate of drug-likeness (QED) is 0.561. The molecule has 0 aliphatic rings. The van der Waals surface area contributed by atoms with Crippen LogP contribution >= 0.6 is 0 Å². The van der Waals surface area contributed by atoms with Gasteiger partial charge >= 0.3 is 0 Å². The zero-order valence-corrected chi connectivity index (χ0v) is 6.56. The summed E-state index contributed by atoms with van der Waals surface area (Å²) in [5.41, 5.74) is 1.23. The predicted octanol–water partition coefficient (Wildman–Crippen LogP) is 0.398. The molecule has 4 heteroatoms. The summed E-state index contributed by atoms with van der Waals surface area (Å²) in [6, 6.07) is 1.49. The zero-order valence-electron chi connectivity index (χ0n) is 6.56. The van der Waals surface area contributed by atoms with Gasteiger partial charge in [-0.05, 0) is 6.92 Å². The van der Waals surface area contributed by atoms with E-state index in [1.165, 1.54) is 10.5 Å². The minimum atomic E-state index is -0.0695. The SMILES string of the molecule is Cc1cc(=O)n2ccncc2n1. The van der Waals surface area contributed by atoms with Crippen molar-refractivity contribution in [2.75, 3.05) is 0 Å². The first-order valence-corrected chi connectivity index (χ1v) is 3.57. The molecule has 2 aromatic rings. The molecule has 2 aromatic heterocycles. The van der Waals surface area contributed by atoms with Crippen molar-refractivity contribution in [2.45, 2.75) is 6.92 Å². The van der Waals surface area contributed by atoms with Crippen LogP contribution in [0.4, 0.5) is 0 Å². The Morgan fingerprint density at radius 3 is 3.17 bits per heavy atom. The second kappa shape index (κ2) is 2.41.